The molecule has 0 aromatic heterocycles. The minimum Gasteiger partial charge on any atom is -0.435 e. The maximum Gasteiger partial charge on any atom is 0.387 e. The van der Waals surface area contributed by atoms with E-state index in [1.54, 1.807) is 12.1 Å². The fourth-order valence-corrected chi connectivity index (χ4v) is 2.34. The molecule has 1 saturated heterocycles. The van der Waals surface area contributed by atoms with E-state index in [1.807, 2.05) is 12.1 Å². The molecule has 1 atom stereocenters. The van der Waals surface area contributed by atoms with Crippen molar-refractivity contribution in [3.8, 4) is 5.75 Å². The van der Waals surface area contributed by atoms with E-state index >= 15 is 0 Å². The van der Waals surface area contributed by atoms with Crippen LogP contribution in [0.3, 0.4) is 0 Å². The lowest BCUT2D eigenvalue weighted by Crippen LogP contribution is -2.61. The number of nitrogens with zero attached hydrogens (tertiary/aromatic N) is 1. The molecule has 1 unspecified atom stereocenters. The van der Waals surface area contributed by atoms with Gasteiger partial charge in [0.25, 0.3) is 0 Å². The van der Waals surface area contributed by atoms with Crippen LogP contribution < -0.4 is 15.0 Å². The van der Waals surface area contributed by atoms with Crippen molar-refractivity contribution in [2.45, 2.75) is 39.0 Å². The van der Waals surface area contributed by atoms with Crippen LogP contribution in [0.5, 0.6) is 5.75 Å². The van der Waals surface area contributed by atoms with Gasteiger partial charge in [-0.3, -0.25) is 0 Å². The number of ether oxygens (including phenoxy) is 1. The van der Waals surface area contributed by atoms with Gasteiger partial charge in [0.2, 0.25) is 0 Å². The van der Waals surface area contributed by atoms with E-state index in [0.29, 0.717) is 6.04 Å². The molecule has 1 aromatic carbocycles. The zero-order chi connectivity index (χ0) is 14.0. The Labute approximate surface area is 112 Å². The molecule has 5 heteroatoms. The van der Waals surface area contributed by atoms with Gasteiger partial charge in [-0.05, 0) is 45.0 Å². The second kappa shape index (κ2) is 5.33. The highest BCUT2D eigenvalue weighted by Gasteiger charge is 2.30. The van der Waals surface area contributed by atoms with E-state index < -0.39 is 6.61 Å². The van der Waals surface area contributed by atoms with Crippen molar-refractivity contribution in [1.82, 2.24) is 5.32 Å². The van der Waals surface area contributed by atoms with Gasteiger partial charge in [-0.2, -0.15) is 8.78 Å². The van der Waals surface area contributed by atoms with Crippen LogP contribution in [-0.4, -0.2) is 31.3 Å². The summed E-state index contributed by atoms with van der Waals surface area (Å²) >= 11 is 0. The summed E-state index contributed by atoms with van der Waals surface area (Å²) in [7, 11) is 0. The number of halogens is 2. The van der Waals surface area contributed by atoms with Crippen LogP contribution in [-0.2, 0) is 0 Å². The standard InChI is InChI=1S/C14H20F2N2O/c1-10-8-17-14(2,3)9-18(10)11-4-6-12(7-5-11)19-13(15)16/h4-7,10,13,17H,8-9H2,1-3H3. The Kier molecular flexibility index (Phi) is 3.94. The number of hydrogen-bond acceptors (Lipinski definition) is 3. The van der Waals surface area contributed by atoms with E-state index in [1.165, 1.54) is 0 Å². The van der Waals surface area contributed by atoms with Gasteiger partial charge in [0.1, 0.15) is 5.75 Å². The molecule has 1 fully saturated rings. The summed E-state index contributed by atoms with van der Waals surface area (Å²) in [6.45, 7) is 5.46. The Morgan fingerprint density at radius 2 is 1.95 bits per heavy atom. The Morgan fingerprint density at radius 1 is 1.32 bits per heavy atom. The number of benzene rings is 1. The summed E-state index contributed by atoms with van der Waals surface area (Å²) in [5.74, 6) is 0.195. The quantitative estimate of drug-likeness (QED) is 0.914. The van der Waals surface area contributed by atoms with Crippen LogP contribution in [0.15, 0.2) is 24.3 Å². The zero-order valence-corrected chi connectivity index (χ0v) is 11.5. The smallest absolute Gasteiger partial charge is 0.387 e. The van der Waals surface area contributed by atoms with E-state index in [4.69, 9.17) is 0 Å². The average molecular weight is 270 g/mol. The zero-order valence-electron chi connectivity index (χ0n) is 11.5. The van der Waals surface area contributed by atoms with E-state index in [2.05, 4.69) is 35.7 Å². The predicted octanol–water partition coefficient (Wildman–Crippen LogP) is 2.86. The largest absolute Gasteiger partial charge is 0.435 e. The molecule has 19 heavy (non-hydrogen) atoms. The van der Waals surface area contributed by atoms with E-state index in [0.717, 1.165) is 18.8 Å². The summed E-state index contributed by atoms with van der Waals surface area (Å²) < 4.78 is 28.6. The minimum absolute atomic E-state index is 0.0463. The normalized spacial score (nSPS) is 22.6. The van der Waals surface area contributed by atoms with Crippen molar-refractivity contribution in [2.75, 3.05) is 18.0 Å². The van der Waals surface area contributed by atoms with Gasteiger partial charge in [0.05, 0.1) is 0 Å². The van der Waals surface area contributed by atoms with Crippen LogP contribution in [0.25, 0.3) is 0 Å². The van der Waals surface area contributed by atoms with Gasteiger partial charge in [0.15, 0.2) is 0 Å². The summed E-state index contributed by atoms with van der Waals surface area (Å²) in [4.78, 5) is 2.28. The molecule has 2 rings (SSSR count). The van der Waals surface area contributed by atoms with Crippen molar-refractivity contribution in [3.05, 3.63) is 24.3 Å². The fourth-order valence-electron chi connectivity index (χ4n) is 2.34. The maximum atomic E-state index is 12.1. The molecule has 0 bridgehead atoms. The highest BCUT2D eigenvalue weighted by atomic mass is 19.3. The van der Waals surface area contributed by atoms with Gasteiger partial charge in [0, 0.05) is 30.4 Å². The Hall–Kier alpha value is -1.36. The van der Waals surface area contributed by atoms with E-state index in [9.17, 15) is 8.78 Å². The Bertz CT molecular complexity index is 420. The highest BCUT2D eigenvalue weighted by Crippen LogP contribution is 2.26. The van der Waals surface area contributed by atoms with Crippen LogP contribution in [0.4, 0.5) is 14.5 Å². The van der Waals surface area contributed by atoms with Crippen molar-refractivity contribution < 1.29 is 13.5 Å². The van der Waals surface area contributed by atoms with Crippen LogP contribution in [0.1, 0.15) is 20.8 Å². The minimum atomic E-state index is -2.78. The molecule has 106 valence electrons. The van der Waals surface area contributed by atoms with Gasteiger partial charge in [-0.25, -0.2) is 0 Å². The topological polar surface area (TPSA) is 24.5 Å². The van der Waals surface area contributed by atoms with Gasteiger partial charge >= 0.3 is 6.61 Å². The number of alkyl halides is 2. The second-order valence-corrected chi connectivity index (χ2v) is 5.61. The average Bonchev–Trinajstić information content (AvgIpc) is 2.33. The maximum absolute atomic E-state index is 12.1. The molecule has 1 heterocycles. The van der Waals surface area contributed by atoms with Gasteiger partial charge in [-0.1, -0.05) is 0 Å². The lowest BCUT2D eigenvalue weighted by molar-refractivity contribution is -0.0498. The number of anilines is 1. The molecule has 1 N–H and O–H groups in total. The van der Waals surface area contributed by atoms with E-state index in [-0.39, 0.29) is 11.3 Å². The SMILES string of the molecule is CC1CNC(C)(C)CN1c1ccc(OC(F)F)cc1. The number of piperazine rings is 1. The molecule has 3 nitrogen and oxygen atoms in total. The Morgan fingerprint density at radius 3 is 2.53 bits per heavy atom. The first-order chi connectivity index (χ1) is 8.87. The molecule has 1 aliphatic rings. The summed E-state index contributed by atoms with van der Waals surface area (Å²) in [6, 6.07) is 7.20. The molecular weight excluding hydrogens is 250 g/mol. The molecule has 1 aliphatic heterocycles. The van der Waals surface area contributed by atoms with Crippen LogP contribution >= 0.6 is 0 Å². The lowest BCUT2D eigenvalue weighted by Gasteiger charge is -2.44. The molecule has 0 amide bonds. The summed E-state index contributed by atoms with van der Waals surface area (Å²) in [5, 5.41) is 3.48. The first-order valence-electron chi connectivity index (χ1n) is 6.44. The number of rotatable bonds is 3. The third-order valence-electron chi connectivity index (χ3n) is 3.37. The summed E-state index contributed by atoms with van der Waals surface area (Å²) in [6.07, 6.45) is 0. The first-order valence-corrected chi connectivity index (χ1v) is 6.44. The highest BCUT2D eigenvalue weighted by molar-refractivity contribution is 5.51. The molecule has 0 saturated carbocycles. The van der Waals surface area contributed by atoms with Crippen molar-refractivity contribution in [3.63, 3.8) is 0 Å². The molecular formula is C14H20F2N2O. The third-order valence-corrected chi connectivity index (χ3v) is 3.37. The lowest BCUT2D eigenvalue weighted by atomic mass is 9.98. The monoisotopic (exact) mass is 270 g/mol. The van der Waals surface area contributed by atoms with Crippen molar-refractivity contribution in [2.24, 2.45) is 0 Å². The summed E-state index contributed by atoms with van der Waals surface area (Å²) in [5.41, 5.74) is 1.08. The van der Waals surface area contributed by atoms with Crippen molar-refractivity contribution >= 4 is 5.69 Å². The fraction of sp³-hybridized carbons (Fsp3) is 0.571. The Balaban J connectivity index is 2.12. The number of nitrogens with one attached hydrogen (secondary N) is 1. The molecule has 0 radical (unpaired) electrons. The van der Waals surface area contributed by atoms with Gasteiger partial charge in [-0.15, -0.1) is 0 Å². The van der Waals surface area contributed by atoms with Crippen molar-refractivity contribution in [1.29, 1.82) is 0 Å². The first kappa shape index (κ1) is 14.1. The molecule has 0 aliphatic carbocycles. The number of hydrogen-bond donors (Lipinski definition) is 1. The third kappa shape index (κ3) is 3.56. The molecule has 1 aromatic rings. The second-order valence-electron chi connectivity index (χ2n) is 5.61. The van der Waals surface area contributed by atoms with Crippen LogP contribution in [0, 0.1) is 0 Å². The molecule has 0 spiro atoms. The van der Waals surface area contributed by atoms with Crippen LogP contribution in [0.2, 0.25) is 0 Å². The predicted molar refractivity (Wildman–Crippen MR) is 72.0 cm³/mol. The van der Waals surface area contributed by atoms with Gasteiger partial charge < -0.3 is 15.0 Å².